The summed E-state index contributed by atoms with van der Waals surface area (Å²) < 4.78 is 17.0. The number of carbonyl (C=O) groups is 1. The molecule has 0 atom stereocenters. The molecule has 0 spiro atoms. The third-order valence-corrected chi connectivity index (χ3v) is 3.08. The van der Waals surface area contributed by atoms with Crippen LogP contribution in [0.2, 0.25) is 0 Å². The molecule has 5 nitrogen and oxygen atoms in total. The molecule has 21 heavy (non-hydrogen) atoms. The van der Waals surface area contributed by atoms with Crippen molar-refractivity contribution in [2.75, 3.05) is 26.9 Å². The van der Waals surface area contributed by atoms with Gasteiger partial charge in [0.1, 0.15) is 6.61 Å². The third kappa shape index (κ3) is 6.18. The molecule has 116 valence electrons. The predicted octanol–water partition coefficient (Wildman–Crippen LogP) is 3.36. The Balaban J connectivity index is 2.77. The second kappa shape index (κ2) is 9.41. The Labute approximate surface area is 132 Å². The number of carboxylic acid groups (broad SMARTS) is 1. The first-order valence-corrected chi connectivity index (χ1v) is 7.36. The van der Waals surface area contributed by atoms with Crippen LogP contribution in [-0.4, -0.2) is 38.0 Å². The van der Waals surface area contributed by atoms with Crippen molar-refractivity contribution in [2.45, 2.75) is 13.3 Å². The molecule has 0 heterocycles. The van der Waals surface area contributed by atoms with Crippen LogP contribution in [0.15, 0.2) is 22.7 Å². The summed E-state index contributed by atoms with van der Waals surface area (Å²) in [5.74, 6) is 0.105. The van der Waals surface area contributed by atoms with Crippen LogP contribution in [0.3, 0.4) is 0 Å². The van der Waals surface area contributed by atoms with Gasteiger partial charge in [0.2, 0.25) is 0 Å². The van der Waals surface area contributed by atoms with Gasteiger partial charge in [0.15, 0.2) is 11.5 Å². The summed E-state index contributed by atoms with van der Waals surface area (Å²) in [5.41, 5.74) is 0.704. The third-order valence-electron chi connectivity index (χ3n) is 2.49. The van der Waals surface area contributed by atoms with Gasteiger partial charge in [-0.05, 0) is 46.1 Å². The Hall–Kier alpha value is -1.53. The maximum atomic E-state index is 10.5. The molecule has 0 unspecified atom stereocenters. The highest BCUT2D eigenvalue weighted by molar-refractivity contribution is 9.10. The molecular weight excluding hydrogens is 340 g/mol. The standard InChI is InChI=1S/C15H19BrO5/c1-3-6-20-7-8-21-15-12(16)9-11(4-5-14(17)18)10-13(15)19-2/h4-5,9-10H,3,6-8H2,1-2H3,(H,17,18)/b5-4+. The number of hydrogen-bond acceptors (Lipinski definition) is 4. The van der Waals surface area contributed by atoms with E-state index < -0.39 is 5.97 Å². The molecule has 0 saturated carbocycles. The molecule has 1 rings (SSSR count). The Kier molecular flexibility index (Phi) is 7.85. The lowest BCUT2D eigenvalue weighted by Gasteiger charge is -2.13. The first kappa shape index (κ1) is 17.5. The lowest BCUT2D eigenvalue weighted by atomic mass is 10.2. The van der Waals surface area contributed by atoms with E-state index in [1.807, 2.05) is 6.92 Å². The monoisotopic (exact) mass is 358 g/mol. The average molecular weight is 359 g/mol. The summed E-state index contributed by atoms with van der Waals surface area (Å²) in [6.45, 7) is 3.67. The minimum absolute atomic E-state index is 0.416. The molecule has 0 aliphatic carbocycles. The second-order valence-electron chi connectivity index (χ2n) is 4.17. The quantitative estimate of drug-likeness (QED) is 0.541. The van der Waals surface area contributed by atoms with Crippen molar-refractivity contribution in [3.8, 4) is 11.5 Å². The van der Waals surface area contributed by atoms with Crippen molar-refractivity contribution < 1.29 is 24.1 Å². The first-order valence-electron chi connectivity index (χ1n) is 6.57. The molecule has 0 fully saturated rings. The molecule has 1 aromatic rings. The largest absolute Gasteiger partial charge is 0.493 e. The Morgan fingerprint density at radius 3 is 2.71 bits per heavy atom. The summed E-state index contributed by atoms with van der Waals surface area (Å²) in [6.07, 6.45) is 3.53. The number of benzene rings is 1. The molecule has 0 bridgehead atoms. The molecule has 6 heteroatoms. The summed E-state index contributed by atoms with van der Waals surface area (Å²) >= 11 is 3.40. The molecule has 0 radical (unpaired) electrons. The van der Waals surface area contributed by atoms with E-state index in [0.29, 0.717) is 41.4 Å². The molecule has 0 aliphatic heterocycles. The van der Waals surface area contributed by atoms with Gasteiger partial charge in [-0.3, -0.25) is 0 Å². The van der Waals surface area contributed by atoms with Gasteiger partial charge in [-0.25, -0.2) is 4.79 Å². The highest BCUT2D eigenvalue weighted by Gasteiger charge is 2.11. The minimum Gasteiger partial charge on any atom is -0.493 e. The number of rotatable bonds is 9. The predicted molar refractivity (Wildman–Crippen MR) is 84.0 cm³/mol. The highest BCUT2D eigenvalue weighted by atomic mass is 79.9. The number of hydrogen-bond donors (Lipinski definition) is 1. The minimum atomic E-state index is -1.00. The van der Waals surface area contributed by atoms with Crippen LogP contribution in [0.5, 0.6) is 11.5 Å². The van der Waals surface area contributed by atoms with Crippen molar-refractivity contribution in [3.05, 3.63) is 28.2 Å². The normalized spacial score (nSPS) is 10.8. The van der Waals surface area contributed by atoms with Crippen LogP contribution >= 0.6 is 15.9 Å². The van der Waals surface area contributed by atoms with E-state index in [2.05, 4.69) is 15.9 Å². The zero-order valence-electron chi connectivity index (χ0n) is 12.1. The van der Waals surface area contributed by atoms with Gasteiger partial charge in [-0.2, -0.15) is 0 Å². The Morgan fingerprint density at radius 2 is 2.10 bits per heavy atom. The van der Waals surface area contributed by atoms with E-state index in [0.717, 1.165) is 12.5 Å². The number of halogens is 1. The molecule has 0 amide bonds. The van der Waals surface area contributed by atoms with Crippen LogP contribution in [0, 0.1) is 0 Å². The average Bonchev–Trinajstić information content (AvgIpc) is 2.46. The van der Waals surface area contributed by atoms with Gasteiger partial charge in [0.25, 0.3) is 0 Å². The lowest BCUT2D eigenvalue weighted by Crippen LogP contribution is -2.08. The second-order valence-corrected chi connectivity index (χ2v) is 5.02. The van der Waals surface area contributed by atoms with E-state index >= 15 is 0 Å². The fraction of sp³-hybridized carbons (Fsp3) is 0.400. The van der Waals surface area contributed by atoms with Gasteiger partial charge < -0.3 is 19.3 Å². The van der Waals surface area contributed by atoms with Gasteiger partial charge in [-0.15, -0.1) is 0 Å². The van der Waals surface area contributed by atoms with Crippen LogP contribution < -0.4 is 9.47 Å². The molecule has 0 saturated heterocycles. The number of aliphatic carboxylic acids is 1. The molecule has 1 N–H and O–H groups in total. The number of ether oxygens (including phenoxy) is 3. The lowest BCUT2D eigenvalue weighted by molar-refractivity contribution is -0.131. The van der Waals surface area contributed by atoms with Crippen LogP contribution in [0.4, 0.5) is 0 Å². The van der Waals surface area contributed by atoms with Crippen LogP contribution in [-0.2, 0) is 9.53 Å². The van der Waals surface area contributed by atoms with Gasteiger partial charge in [0.05, 0.1) is 18.2 Å². The summed E-state index contributed by atoms with van der Waals surface area (Å²) in [5, 5.41) is 8.64. The molecular formula is C15H19BrO5. The van der Waals surface area contributed by atoms with Gasteiger partial charge in [0, 0.05) is 12.7 Å². The molecule has 0 aromatic heterocycles. The van der Waals surface area contributed by atoms with E-state index in [1.54, 1.807) is 12.1 Å². The topological polar surface area (TPSA) is 65.0 Å². The first-order chi connectivity index (χ1) is 10.1. The van der Waals surface area contributed by atoms with E-state index in [9.17, 15) is 4.79 Å². The van der Waals surface area contributed by atoms with Crippen LogP contribution in [0.1, 0.15) is 18.9 Å². The van der Waals surface area contributed by atoms with E-state index in [4.69, 9.17) is 19.3 Å². The van der Waals surface area contributed by atoms with Crippen molar-refractivity contribution in [1.29, 1.82) is 0 Å². The Bertz CT molecular complexity index is 499. The van der Waals surface area contributed by atoms with E-state index in [1.165, 1.54) is 13.2 Å². The Morgan fingerprint density at radius 1 is 1.33 bits per heavy atom. The maximum Gasteiger partial charge on any atom is 0.328 e. The zero-order valence-corrected chi connectivity index (χ0v) is 13.7. The fourth-order valence-electron chi connectivity index (χ4n) is 1.59. The SMILES string of the molecule is CCCOCCOc1c(Br)cc(/C=C/C(=O)O)cc1OC. The van der Waals surface area contributed by atoms with Crippen molar-refractivity contribution in [3.63, 3.8) is 0 Å². The summed E-state index contributed by atoms with van der Waals surface area (Å²) in [4.78, 5) is 10.5. The van der Waals surface area contributed by atoms with Crippen molar-refractivity contribution >= 4 is 28.0 Å². The van der Waals surface area contributed by atoms with Crippen LogP contribution in [0.25, 0.3) is 6.08 Å². The molecule has 0 aliphatic rings. The van der Waals surface area contributed by atoms with Gasteiger partial charge >= 0.3 is 5.97 Å². The highest BCUT2D eigenvalue weighted by Crippen LogP contribution is 2.37. The zero-order chi connectivity index (χ0) is 15.7. The van der Waals surface area contributed by atoms with Crippen molar-refractivity contribution in [1.82, 2.24) is 0 Å². The fourth-order valence-corrected chi connectivity index (χ4v) is 2.17. The van der Waals surface area contributed by atoms with Gasteiger partial charge in [-0.1, -0.05) is 6.92 Å². The van der Waals surface area contributed by atoms with E-state index in [-0.39, 0.29) is 0 Å². The summed E-state index contributed by atoms with van der Waals surface area (Å²) in [7, 11) is 1.53. The maximum absolute atomic E-state index is 10.5. The van der Waals surface area contributed by atoms with Crippen molar-refractivity contribution in [2.24, 2.45) is 0 Å². The molecule has 1 aromatic carbocycles. The number of methoxy groups -OCH3 is 1. The smallest absolute Gasteiger partial charge is 0.328 e. The number of carboxylic acids is 1. The summed E-state index contributed by atoms with van der Waals surface area (Å²) in [6, 6.07) is 3.48.